The van der Waals surface area contributed by atoms with E-state index >= 15 is 0 Å². The van der Waals surface area contributed by atoms with Gasteiger partial charge in [-0.3, -0.25) is 4.90 Å². The molecule has 0 bridgehead atoms. The molecule has 14 heavy (non-hydrogen) atoms. The van der Waals surface area contributed by atoms with Crippen LogP contribution in [0.3, 0.4) is 0 Å². The van der Waals surface area contributed by atoms with Gasteiger partial charge in [-0.1, -0.05) is 12.1 Å². The summed E-state index contributed by atoms with van der Waals surface area (Å²) in [5, 5.41) is 13.2. The molecule has 5 nitrogen and oxygen atoms in total. The van der Waals surface area contributed by atoms with Gasteiger partial charge in [0.15, 0.2) is 6.33 Å². The van der Waals surface area contributed by atoms with E-state index < -0.39 is 5.60 Å². The zero-order chi connectivity index (χ0) is 10.6. The van der Waals surface area contributed by atoms with Crippen LogP contribution >= 0.6 is 0 Å². The maximum Gasteiger partial charge on any atom is 0.240 e. The van der Waals surface area contributed by atoms with E-state index in [1.807, 2.05) is 11.8 Å². The fourth-order valence-corrected chi connectivity index (χ4v) is 1.28. The molecular weight excluding hydrogens is 182 g/mol. The van der Waals surface area contributed by atoms with Crippen molar-refractivity contribution < 1.29 is 9.63 Å². The van der Waals surface area contributed by atoms with Crippen LogP contribution in [0.4, 0.5) is 0 Å². The molecule has 0 aliphatic rings. The lowest BCUT2D eigenvalue weighted by atomic mass is 10.1. The molecule has 1 aromatic heterocycles. The number of nitrogens with zero attached hydrogens (tertiary/aromatic N) is 3. The molecule has 0 aliphatic heterocycles. The summed E-state index contributed by atoms with van der Waals surface area (Å²) < 4.78 is 4.90. The molecule has 1 rings (SSSR count). The minimum Gasteiger partial charge on any atom is -0.389 e. The van der Waals surface area contributed by atoms with E-state index in [0.29, 0.717) is 19.0 Å². The molecule has 0 spiro atoms. The molecule has 80 valence electrons. The number of aliphatic hydroxyl groups is 1. The number of rotatable bonds is 5. The van der Waals surface area contributed by atoms with Crippen molar-refractivity contribution in [2.24, 2.45) is 0 Å². The van der Waals surface area contributed by atoms with Crippen molar-refractivity contribution in [1.29, 1.82) is 0 Å². The van der Waals surface area contributed by atoms with Crippen LogP contribution in [0.25, 0.3) is 0 Å². The van der Waals surface area contributed by atoms with Crippen LogP contribution in [-0.2, 0) is 6.54 Å². The Morgan fingerprint density at radius 1 is 1.57 bits per heavy atom. The molecule has 0 saturated heterocycles. The lowest BCUT2D eigenvalue weighted by Crippen LogP contribution is -2.38. The SMILES string of the molecule is CCN(Cc1ncno1)CC(C)(C)O. The van der Waals surface area contributed by atoms with Crippen molar-refractivity contribution in [2.45, 2.75) is 32.9 Å². The van der Waals surface area contributed by atoms with Crippen LogP contribution in [0.1, 0.15) is 26.7 Å². The van der Waals surface area contributed by atoms with Gasteiger partial charge in [-0.05, 0) is 20.4 Å². The third-order valence-electron chi connectivity index (χ3n) is 1.82. The van der Waals surface area contributed by atoms with Gasteiger partial charge >= 0.3 is 0 Å². The average molecular weight is 199 g/mol. The van der Waals surface area contributed by atoms with Gasteiger partial charge in [-0.2, -0.15) is 4.98 Å². The Labute approximate surface area is 83.7 Å². The molecule has 0 unspecified atom stereocenters. The maximum absolute atomic E-state index is 9.64. The van der Waals surface area contributed by atoms with Crippen molar-refractivity contribution in [1.82, 2.24) is 15.0 Å². The molecule has 1 N–H and O–H groups in total. The summed E-state index contributed by atoms with van der Waals surface area (Å²) in [6, 6.07) is 0. The van der Waals surface area contributed by atoms with Gasteiger partial charge in [-0.25, -0.2) is 0 Å². The van der Waals surface area contributed by atoms with Crippen LogP contribution in [0.5, 0.6) is 0 Å². The van der Waals surface area contributed by atoms with E-state index in [1.165, 1.54) is 6.33 Å². The first-order chi connectivity index (χ1) is 6.51. The average Bonchev–Trinajstić information content (AvgIpc) is 2.53. The van der Waals surface area contributed by atoms with E-state index in [0.717, 1.165) is 6.54 Å². The second-order valence-electron chi connectivity index (χ2n) is 3.95. The maximum atomic E-state index is 9.64. The number of hydrogen-bond acceptors (Lipinski definition) is 5. The lowest BCUT2D eigenvalue weighted by Gasteiger charge is -2.26. The van der Waals surface area contributed by atoms with Gasteiger partial charge in [0.2, 0.25) is 5.89 Å². The van der Waals surface area contributed by atoms with Crippen molar-refractivity contribution in [3.05, 3.63) is 12.2 Å². The summed E-state index contributed by atoms with van der Waals surface area (Å²) in [4.78, 5) is 5.98. The van der Waals surface area contributed by atoms with Gasteiger partial charge in [0.25, 0.3) is 0 Å². The van der Waals surface area contributed by atoms with E-state index in [4.69, 9.17) is 4.52 Å². The Kier molecular flexibility index (Phi) is 3.60. The fraction of sp³-hybridized carbons (Fsp3) is 0.778. The van der Waals surface area contributed by atoms with E-state index in [1.54, 1.807) is 13.8 Å². The zero-order valence-electron chi connectivity index (χ0n) is 8.90. The molecule has 0 fully saturated rings. The Balaban J connectivity index is 2.47. The summed E-state index contributed by atoms with van der Waals surface area (Å²) in [5.74, 6) is 0.580. The van der Waals surface area contributed by atoms with E-state index in [-0.39, 0.29) is 0 Å². The number of likely N-dealkylation sites (N-methyl/N-ethyl adjacent to an activating group) is 1. The molecule has 0 saturated carbocycles. The third-order valence-corrected chi connectivity index (χ3v) is 1.82. The van der Waals surface area contributed by atoms with Crippen LogP contribution in [-0.4, -0.2) is 38.8 Å². The largest absolute Gasteiger partial charge is 0.389 e. The van der Waals surface area contributed by atoms with Gasteiger partial charge in [0.05, 0.1) is 12.1 Å². The van der Waals surface area contributed by atoms with Crippen molar-refractivity contribution >= 4 is 0 Å². The van der Waals surface area contributed by atoms with E-state index in [9.17, 15) is 5.11 Å². The van der Waals surface area contributed by atoms with Gasteiger partial charge in [0.1, 0.15) is 0 Å². The van der Waals surface area contributed by atoms with Crippen LogP contribution in [0.15, 0.2) is 10.9 Å². The molecular formula is C9H17N3O2. The van der Waals surface area contributed by atoms with Crippen LogP contribution < -0.4 is 0 Å². The first-order valence-electron chi connectivity index (χ1n) is 4.71. The highest BCUT2D eigenvalue weighted by Gasteiger charge is 2.18. The lowest BCUT2D eigenvalue weighted by molar-refractivity contribution is 0.0322. The molecule has 0 amide bonds. The second kappa shape index (κ2) is 4.52. The molecule has 5 heteroatoms. The minimum atomic E-state index is -0.698. The monoisotopic (exact) mass is 199 g/mol. The van der Waals surface area contributed by atoms with Gasteiger partial charge in [0, 0.05) is 6.54 Å². The Bertz CT molecular complexity index is 254. The predicted molar refractivity (Wildman–Crippen MR) is 51.5 cm³/mol. The van der Waals surface area contributed by atoms with Crippen LogP contribution in [0, 0.1) is 0 Å². The first-order valence-corrected chi connectivity index (χ1v) is 4.71. The zero-order valence-corrected chi connectivity index (χ0v) is 8.90. The molecule has 1 aromatic rings. The molecule has 0 aliphatic carbocycles. The second-order valence-corrected chi connectivity index (χ2v) is 3.95. The first kappa shape index (κ1) is 11.1. The summed E-state index contributed by atoms with van der Waals surface area (Å²) in [6.45, 7) is 7.60. The van der Waals surface area contributed by atoms with Gasteiger partial charge < -0.3 is 9.63 Å². The predicted octanol–water partition coefficient (Wildman–Crippen LogP) is 0.662. The Hall–Kier alpha value is -0.940. The van der Waals surface area contributed by atoms with Crippen molar-refractivity contribution in [3.8, 4) is 0 Å². The fourth-order valence-electron chi connectivity index (χ4n) is 1.28. The third kappa shape index (κ3) is 3.85. The highest BCUT2D eigenvalue weighted by molar-refractivity contribution is 4.78. The molecule has 0 radical (unpaired) electrons. The normalized spacial score (nSPS) is 12.4. The smallest absolute Gasteiger partial charge is 0.240 e. The van der Waals surface area contributed by atoms with E-state index in [2.05, 4.69) is 10.1 Å². The number of aromatic nitrogens is 2. The summed E-state index contributed by atoms with van der Waals surface area (Å²) in [6.07, 6.45) is 1.38. The number of hydrogen-bond donors (Lipinski definition) is 1. The highest BCUT2D eigenvalue weighted by Crippen LogP contribution is 2.07. The summed E-state index contributed by atoms with van der Waals surface area (Å²) >= 11 is 0. The summed E-state index contributed by atoms with van der Waals surface area (Å²) in [7, 11) is 0. The highest BCUT2D eigenvalue weighted by atomic mass is 16.5. The Morgan fingerprint density at radius 2 is 2.29 bits per heavy atom. The van der Waals surface area contributed by atoms with Crippen LogP contribution in [0.2, 0.25) is 0 Å². The molecule has 1 heterocycles. The summed E-state index contributed by atoms with van der Waals surface area (Å²) in [5.41, 5.74) is -0.698. The van der Waals surface area contributed by atoms with Crippen molar-refractivity contribution in [2.75, 3.05) is 13.1 Å². The molecule has 0 aromatic carbocycles. The Morgan fingerprint density at radius 3 is 2.71 bits per heavy atom. The topological polar surface area (TPSA) is 62.4 Å². The quantitative estimate of drug-likeness (QED) is 0.755. The standard InChI is InChI=1S/C9H17N3O2/c1-4-12(6-9(2,3)13)5-8-10-7-11-14-8/h7,13H,4-6H2,1-3H3. The van der Waals surface area contributed by atoms with Gasteiger partial charge in [-0.15, -0.1) is 0 Å². The molecule has 0 atom stereocenters. The van der Waals surface area contributed by atoms with Crippen molar-refractivity contribution in [3.63, 3.8) is 0 Å². The minimum absolute atomic E-state index is 0.580.